The third kappa shape index (κ3) is 5.09. The van der Waals surface area contributed by atoms with Crippen molar-refractivity contribution in [2.45, 2.75) is 32.6 Å². The molecule has 2 atom stereocenters. The van der Waals surface area contributed by atoms with Crippen LogP contribution in [0.2, 0.25) is 0 Å². The van der Waals surface area contributed by atoms with Gasteiger partial charge in [0.15, 0.2) is 0 Å². The van der Waals surface area contributed by atoms with Crippen LogP contribution in [0.15, 0.2) is 24.3 Å². The van der Waals surface area contributed by atoms with Gasteiger partial charge in [-0.25, -0.2) is 0 Å². The highest BCUT2D eigenvalue weighted by molar-refractivity contribution is 5.78. The predicted molar refractivity (Wildman–Crippen MR) is 85.2 cm³/mol. The number of benzene rings is 1. The Morgan fingerprint density at radius 2 is 2.27 bits per heavy atom. The van der Waals surface area contributed by atoms with Gasteiger partial charge < -0.3 is 15.2 Å². The summed E-state index contributed by atoms with van der Waals surface area (Å²) >= 11 is 0. The Hall–Kier alpha value is -1.43. The van der Waals surface area contributed by atoms with Gasteiger partial charge >= 0.3 is 0 Å². The molecule has 1 fully saturated rings. The van der Waals surface area contributed by atoms with E-state index < -0.39 is 0 Å². The Bertz CT molecular complexity index is 491. The van der Waals surface area contributed by atoms with Gasteiger partial charge in [-0.3, -0.25) is 9.69 Å². The number of aliphatic hydroxyl groups excluding tert-OH is 1. The van der Waals surface area contributed by atoms with Crippen molar-refractivity contribution in [2.24, 2.45) is 5.92 Å². The SMILES string of the molecule is COCc1cccc(CNC(=O)CN2CCC(C(C)O)C2)c1. The van der Waals surface area contributed by atoms with Gasteiger partial charge in [-0.05, 0) is 36.9 Å². The zero-order chi connectivity index (χ0) is 15.9. The first kappa shape index (κ1) is 16.9. The zero-order valence-electron chi connectivity index (χ0n) is 13.4. The number of nitrogens with zero attached hydrogens (tertiary/aromatic N) is 1. The lowest BCUT2D eigenvalue weighted by atomic mass is 10.0. The van der Waals surface area contributed by atoms with Crippen LogP contribution in [-0.2, 0) is 22.7 Å². The summed E-state index contributed by atoms with van der Waals surface area (Å²) in [6, 6.07) is 8.03. The molecule has 1 aromatic carbocycles. The molecule has 1 heterocycles. The molecule has 0 saturated carbocycles. The van der Waals surface area contributed by atoms with Gasteiger partial charge in [0, 0.05) is 20.2 Å². The molecule has 0 spiro atoms. The van der Waals surface area contributed by atoms with Gasteiger partial charge in [0.25, 0.3) is 0 Å². The van der Waals surface area contributed by atoms with Gasteiger partial charge in [0.05, 0.1) is 19.3 Å². The van der Waals surface area contributed by atoms with Crippen LogP contribution in [0, 0.1) is 5.92 Å². The minimum atomic E-state index is -0.295. The molecule has 0 aliphatic carbocycles. The molecule has 0 bridgehead atoms. The van der Waals surface area contributed by atoms with E-state index in [9.17, 15) is 9.90 Å². The normalized spacial score (nSPS) is 20.0. The van der Waals surface area contributed by atoms with Crippen LogP contribution in [-0.4, -0.2) is 48.8 Å². The van der Waals surface area contributed by atoms with Crippen molar-refractivity contribution in [3.05, 3.63) is 35.4 Å². The van der Waals surface area contributed by atoms with Gasteiger partial charge in [0.1, 0.15) is 0 Å². The summed E-state index contributed by atoms with van der Waals surface area (Å²) in [5.41, 5.74) is 2.18. The number of likely N-dealkylation sites (tertiary alicyclic amines) is 1. The van der Waals surface area contributed by atoms with Crippen molar-refractivity contribution < 1.29 is 14.6 Å². The van der Waals surface area contributed by atoms with Crippen LogP contribution in [0.1, 0.15) is 24.5 Å². The topological polar surface area (TPSA) is 61.8 Å². The highest BCUT2D eigenvalue weighted by Gasteiger charge is 2.26. The average Bonchev–Trinajstić information content (AvgIpc) is 2.95. The van der Waals surface area contributed by atoms with Gasteiger partial charge in [-0.15, -0.1) is 0 Å². The van der Waals surface area contributed by atoms with E-state index in [1.165, 1.54) is 0 Å². The number of methoxy groups -OCH3 is 1. The molecule has 0 radical (unpaired) electrons. The van der Waals surface area contributed by atoms with Crippen LogP contribution < -0.4 is 5.32 Å². The van der Waals surface area contributed by atoms with Crippen LogP contribution >= 0.6 is 0 Å². The van der Waals surface area contributed by atoms with Crippen LogP contribution in [0.5, 0.6) is 0 Å². The molecule has 2 rings (SSSR count). The Labute approximate surface area is 132 Å². The Morgan fingerprint density at radius 1 is 1.50 bits per heavy atom. The Balaban J connectivity index is 1.75. The number of hydrogen-bond donors (Lipinski definition) is 2. The summed E-state index contributed by atoms with van der Waals surface area (Å²) in [5, 5.41) is 12.5. The molecule has 5 nitrogen and oxygen atoms in total. The highest BCUT2D eigenvalue weighted by Crippen LogP contribution is 2.19. The highest BCUT2D eigenvalue weighted by atomic mass is 16.5. The fourth-order valence-electron chi connectivity index (χ4n) is 2.86. The van der Waals surface area contributed by atoms with Crippen molar-refractivity contribution in [3.8, 4) is 0 Å². The van der Waals surface area contributed by atoms with Crippen molar-refractivity contribution in [2.75, 3.05) is 26.7 Å². The summed E-state index contributed by atoms with van der Waals surface area (Å²) in [6.07, 6.45) is 0.667. The van der Waals surface area contributed by atoms with Crippen molar-refractivity contribution in [1.82, 2.24) is 10.2 Å². The minimum Gasteiger partial charge on any atom is -0.393 e. The molecule has 2 N–H and O–H groups in total. The lowest BCUT2D eigenvalue weighted by Gasteiger charge is -2.17. The second kappa shape index (κ2) is 8.27. The largest absolute Gasteiger partial charge is 0.393 e. The Kier molecular flexibility index (Phi) is 6.36. The molecule has 5 heteroatoms. The molecule has 1 aliphatic rings. The number of carbonyl (C=O) groups is 1. The second-order valence-electron chi connectivity index (χ2n) is 6.05. The molecule has 22 heavy (non-hydrogen) atoms. The smallest absolute Gasteiger partial charge is 0.234 e. The monoisotopic (exact) mass is 306 g/mol. The summed E-state index contributed by atoms with van der Waals surface area (Å²) in [7, 11) is 1.67. The van der Waals surface area contributed by atoms with Gasteiger partial charge in [-0.1, -0.05) is 24.3 Å². The quantitative estimate of drug-likeness (QED) is 0.793. The fourth-order valence-corrected chi connectivity index (χ4v) is 2.86. The van der Waals surface area contributed by atoms with Crippen molar-refractivity contribution >= 4 is 5.91 Å². The first-order valence-electron chi connectivity index (χ1n) is 7.82. The van der Waals surface area contributed by atoms with E-state index in [1.807, 2.05) is 31.2 Å². The van der Waals surface area contributed by atoms with E-state index in [-0.39, 0.29) is 12.0 Å². The number of carbonyl (C=O) groups excluding carboxylic acids is 1. The molecule has 1 saturated heterocycles. The van der Waals surface area contributed by atoms with Gasteiger partial charge in [-0.2, -0.15) is 0 Å². The maximum absolute atomic E-state index is 12.0. The summed E-state index contributed by atoms with van der Waals surface area (Å²) < 4.78 is 5.11. The van der Waals surface area contributed by atoms with Crippen molar-refractivity contribution in [1.29, 1.82) is 0 Å². The molecule has 1 amide bonds. The summed E-state index contributed by atoms with van der Waals surface area (Å²) in [5.74, 6) is 0.321. The summed E-state index contributed by atoms with van der Waals surface area (Å²) in [4.78, 5) is 14.1. The Morgan fingerprint density at radius 3 is 2.95 bits per heavy atom. The minimum absolute atomic E-state index is 0.0309. The van der Waals surface area contributed by atoms with E-state index in [0.717, 1.165) is 30.6 Å². The fraction of sp³-hybridized carbons (Fsp3) is 0.588. The zero-order valence-corrected chi connectivity index (χ0v) is 13.4. The maximum atomic E-state index is 12.0. The number of rotatable bonds is 7. The first-order chi connectivity index (χ1) is 10.6. The molecular weight excluding hydrogens is 280 g/mol. The van der Waals surface area contributed by atoms with Gasteiger partial charge in [0.2, 0.25) is 5.91 Å². The lowest BCUT2D eigenvalue weighted by Crippen LogP contribution is -2.36. The lowest BCUT2D eigenvalue weighted by molar-refractivity contribution is -0.122. The van der Waals surface area contributed by atoms with E-state index in [4.69, 9.17) is 4.74 Å². The molecule has 2 unspecified atom stereocenters. The summed E-state index contributed by atoms with van der Waals surface area (Å²) in [6.45, 7) is 5.02. The number of amides is 1. The second-order valence-corrected chi connectivity index (χ2v) is 6.05. The molecule has 0 aromatic heterocycles. The average molecular weight is 306 g/mol. The number of nitrogens with one attached hydrogen (secondary N) is 1. The molecule has 1 aliphatic heterocycles. The van der Waals surface area contributed by atoms with Crippen LogP contribution in [0.4, 0.5) is 0 Å². The molecule has 1 aromatic rings. The van der Waals surface area contributed by atoms with Crippen LogP contribution in [0.25, 0.3) is 0 Å². The third-order valence-electron chi connectivity index (χ3n) is 4.15. The number of hydrogen-bond acceptors (Lipinski definition) is 4. The molecular formula is C17H26N2O3. The van der Waals surface area contributed by atoms with Crippen molar-refractivity contribution in [3.63, 3.8) is 0 Å². The standard InChI is InChI=1S/C17H26N2O3/c1-13(20)16-6-7-19(10-16)11-17(21)18-9-14-4-3-5-15(8-14)12-22-2/h3-5,8,13,16,20H,6-7,9-12H2,1-2H3,(H,18,21). The van der Waals surface area contributed by atoms with E-state index in [0.29, 0.717) is 25.6 Å². The van der Waals surface area contributed by atoms with Crippen LogP contribution in [0.3, 0.4) is 0 Å². The maximum Gasteiger partial charge on any atom is 0.234 e. The third-order valence-corrected chi connectivity index (χ3v) is 4.15. The molecule has 122 valence electrons. The van der Waals surface area contributed by atoms with E-state index >= 15 is 0 Å². The predicted octanol–water partition coefficient (Wildman–Crippen LogP) is 1.15. The first-order valence-corrected chi connectivity index (χ1v) is 7.82. The van der Waals surface area contributed by atoms with E-state index in [2.05, 4.69) is 10.2 Å². The van der Waals surface area contributed by atoms with E-state index in [1.54, 1.807) is 7.11 Å². The number of ether oxygens (including phenoxy) is 1. The number of aliphatic hydroxyl groups is 1.